The summed E-state index contributed by atoms with van der Waals surface area (Å²) in [5, 5.41) is 13.6. The Bertz CT molecular complexity index is 689. The van der Waals surface area contributed by atoms with Gasteiger partial charge in [-0.15, -0.1) is 0 Å². The van der Waals surface area contributed by atoms with Crippen molar-refractivity contribution in [3.63, 3.8) is 0 Å². The molecule has 0 fully saturated rings. The fraction of sp³-hybridized carbons (Fsp3) is 0.0714. The fourth-order valence-electron chi connectivity index (χ4n) is 1.68. The number of hydrogen-bond acceptors (Lipinski definition) is 4. The molecule has 2 aromatic rings. The number of nitro benzene ring substituents is 1. The Kier molecular flexibility index (Phi) is 4.49. The summed E-state index contributed by atoms with van der Waals surface area (Å²) in [5.41, 5.74) is 0.518. The van der Waals surface area contributed by atoms with Crippen molar-refractivity contribution in [1.29, 1.82) is 0 Å². The Morgan fingerprint density at radius 2 is 1.90 bits per heavy atom. The number of ketones is 1. The summed E-state index contributed by atoms with van der Waals surface area (Å²) in [7, 11) is 0. The van der Waals surface area contributed by atoms with E-state index < -0.39 is 10.7 Å². The van der Waals surface area contributed by atoms with Crippen molar-refractivity contribution in [2.75, 3.05) is 11.9 Å². The van der Waals surface area contributed by atoms with Crippen LogP contribution in [0, 0.1) is 15.9 Å². The highest BCUT2D eigenvalue weighted by Crippen LogP contribution is 2.27. The Labute approximate surface area is 124 Å². The second kappa shape index (κ2) is 6.32. The molecule has 0 amide bonds. The Morgan fingerprint density at radius 1 is 1.24 bits per heavy atom. The van der Waals surface area contributed by atoms with E-state index in [1.807, 2.05) is 0 Å². The van der Waals surface area contributed by atoms with Crippen LogP contribution in [0.15, 0.2) is 42.5 Å². The number of carbonyl (C=O) groups excluding carboxylic acids is 1. The van der Waals surface area contributed by atoms with Crippen molar-refractivity contribution in [3.05, 3.63) is 69.0 Å². The quantitative estimate of drug-likeness (QED) is 0.519. The summed E-state index contributed by atoms with van der Waals surface area (Å²) in [6, 6.07) is 9.31. The SMILES string of the molecule is O=C(CNc1ccc(Cl)c([N+](=O)[O-])c1)c1ccc(F)cc1. The number of nitro groups is 1. The molecule has 21 heavy (non-hydrogen) atoms. The van der Waals surface area contributed by atoms with E-state index in [1.165, 1.54) is 42.5 Å². The van der Waals surface area contributed by atoms with Gasteiger partial charge in [0, 0.05) is 17.3 Å². The zero-order valence-corrected chi connectivity index (χ0v) is 11.4. The van der Waals surface area contributed by atoms with E-state index in [0.29, 0.717) is 11.3 Å². The second-order valence-electron chi connectivity index (χ2n) is 4.21. The number of benzene rings is 2. The van der Waals surface area contributed by atoms with E-state index in [0.717, 1.165) is 0 Å². The molecule has 0 aliphatic heterocycles. The first kappa shape index (κ1) is 14.9. The van der Waals surface area contributed by atoms with Crippen LogP contribution in [0.1, 0.15) is 10.4 Å². The lowest BCUT2D eigenvalue weighted by Crippen LogP contribution is -2.14. The normalized spacial score (nSPS) is 10.2. The maximum absolute atomic E-state index is 12.8. The fourth-order valence-corrected chi connectivity index (χ4v) is 1.87. The summed E-state index contributed by atoms with van der Waals surface area (Å²) in [4.78, 5) is 22.0. The molecule has 0 unspecified atom stereocenters. The Hall–Kier alpha value is -2.47. The monoisotopic (exact) mass is 308 g/mol. The summed E-state index contributed by atoms with van der Waals surface area (Å²) in [6.45, 7) is -0.0651. The maximum atomic E-state index is 12.8. The number of nitrogens with one attached hydrogen (secondary N) is 1. The van der Waals surface area contributed by atoms with Crippen LogP contribution in [-0.4, -0.2) is 17.3 Å². The molecule has 0 aliphatic rings. The Balaban J connectivity index is 2.06. The van der Waals surface area contributed by atoms with Crippen LogP contribution in [-0.2, 0) is 0 Å². The highest BCUT2D eigenvalue weighted by Gasteiger charge is 2.13. The molecule has 2 aromatic carbocycles. The van der Waals surface area contributed by atoms with Crippen molar-refractivity contribution >= 4 is 28.8 Å². The molecule has 7 heteroatoms. The lowest BCUT2D eigenvalue weighted by atomic mass is 10.1. The van der Waals surface area contributed by atoms with E-state index in [9.17, 15) is 19.3 Å². The third kappa shape index (κ3) is 3.76. The zero-order chi connectivity index (χ0) is 15.4. The molecule has 108 valence electrons. The van der Waals surface area contributed by atoms with Crippen molar-refractivity contribution in [2.24, 2.45) is 0 Å². The smallest absolute Gasteiger partial charge is 0.289 e. The van der Waals surface area contributed by atoms with Gasteiger partial charge in [0.25, 0.3) is 5.69 Å². The van der Waals surface area contributed by atoms with Crippen molar-refractivity contribution in [2.45, 2.75) is 0 Å². The number of halogens is 2. The standard InChI is InChI=1S/C14H10ClFN2O3/c15-12-6-5-11(7-13(12)18(20)21)17-8-14(19)9-1-3-10(16)4-2-9/h1-7,17H,8H2. The Morgan fingerprint density at radius 3 is 2.52 bits per heavy atom. The average Bonchev–Trinajstić information content (AvgIpc) is 2.46. The molecule has 0 bridgehead atoms. The average molecular weight is 309 g/mol. The second-order valence-corrected chi connectivity index (χ2v) is 4.61. The van der Waals surface area contributed by atoms with Crippen LogP contribution in [0.4, 0.5) is 15.8 Å². The van der Waals surface area contributed by atoms with Crippen LogP contribution in [0.2, 0.25) is 5.02 Å². The third-order valence-corrected chi connectivity index (χ3v) is 3.08. The lowest BCUT2D eigenvalue weighted by Gasteiger charge is -2.06. The summed E-state index contributed by atoms with van der Waals surface area (Å²) in [5.74, 6) is -0.680. The van der Waals surface area contributed by atoms with Gasteiger partial charge in [-0.1, -0.05) is 11.6 Å². The first-order valence-corrected chi connectivity index (χ1v) is 6.32. The largest absolute Gasteiger partial charge is 0.377 e. The summed E-state index contributed by atoms with van der Waals surface area (Å²) in [6.07, 6.45) is 0. The number of nitrogens with zero attached hydrogens (tertiary/aromatic N) is 1. The van der Waals surface area contributed by atoms with E-state index in [4.69, 9.17) is 11.6 Å². The van der Waals surface area contributed by atoms with Crippen LogP contribution in [0.25, 0.3) is 0 Å². The highest BCUT2D eigenvalue weighted by atomic mass is 35.5. The number of rotatable bonds is 5. The van der Waals surface area contributed by atoms with E-state index in [-0.39, 0.29) is 23.0 Å². The number of carbonyl (C=O) groups is 1. The summed E-state index contributed by atoms with van der Waals surface area (Å²) < 4.78 is 12.8. The molecule has 5 nitrogen and oxygen atoms in total. The third-order valence-electron chi connectivity index (χ3n) is 2.76. The molecule has 0 atom stereocenters. The predicted octanol–water partition coefficient (Wildman–Crippen LogP) is 3.68. The molecule has 0 heterocycles. The van der Waals surface area contributed by atoms with Gasteiger partial charge in [-0.05, 0) is 36.4 Å². The van der Waals surface area contributed by atoms with Gasteiger partial charge in [0.2, 0.25) is 0 Å². The molecule has 2 rings (SSSR count). The maximum Gasteiger partial charge on any atom is 0.289 e. The molecular weight excluding hydrogens is 299 g/mol. The van der Waals surface area contributed by atoms with Gasteiger partial charge >= 0.3 is 0 Å². The van der Waals surface area contributed by atoms with Crippen molar-refractivity contribution < 1.29 is 14.1 Å². The van der Waals surface area contributed by atoms with Gasteiger partial charge < -0.3 is 5.32 Å². The first-order valence-electron chi connectivity index (χ1n) is 5.94. The van der Waals surface area contributed by atoms with Crippen LogP contribution >= 0.6 is 11.6 Å². The van der Waals surface area contributed by atoms with Gasteiger partial charge in [-0.25, -0.2) is 4.39 Å². The van der Waals surface area contributed by atoms with Gasteiger partial charge in [0.1, 0.15) is 10.8 Å². The van der Waals surface area contributed by atoms with Gasteiger partial charge in [0.05, 0.1) is 11.5 Å². The van der Waals surface area contributed by atoms with Gasteiger partial charge in [-0.3, -0.25) is 14.9 Å². The van der Waals surface area contributed by atoms with E-state index in [2.05, 4.69) is 5.32 Å². The highest BCUT2D eigenvalue weighted by molar-refractivity contribution is 6.32. The summed E-state index contributed by atoms with van der Waals surface area (Å²) >= 11 is 5.69. The lowest BCUT2D eigenvalue weighted by molar-refractivity contribution is -0.384. The predicted molar refractivity (Wildman–Crippen MR) is 77.3 cm³/mol. The van der Waals surface area contributed by atoms with Crippen LogP contribution in [0.5, 0.6) is 0 Å². The minimum Gasteiger partial charge on any atom is -0.377 e. The molecule has 0 aromatic heterocycles. The minimum atomic E-state index is -0.602. The molecule has 0 saturated carbocycles. The van der Waals surface area contributed by atoms with Gasteiger partial charge in [0.15, 0.2) is 5.78 Å². The molecule has 1 N–H and O–H groups in total. The van der Waals surface area contributed by atoms with E-state index in [1.54, 1.807) is 0 Å². The molecular formula is C14H10ClFN2O3. The van der Waals surface area contributed by atoms with Gasteiger partial charge in [-0.2, -0.15) is 0 Å². The number of Topliss-reactive ketones (excluding diaryl/α,β-unsaturated/α-hetero) is 1. The molecule has 0 saturated heterocycles. The topological polar surface area (TPSA) is 72.2 Å². The number of hydrogen-bond donors (Lipinski definition) is 1. The van der Waals surface area contributed by atoms with Crippen LogP contribution < -0.4 is 5.32 Å². The van der Waals surface area contributed by atoms with E-state index >= 15 is 0 Å². The minimum absolute atomic E-state index is 0.0235. The first-order chi connectivity index (χ1) is 9.97. The van der Waals surface area contributed by atoms with Crippen molar-refractivity contribution in [1.82, 2.24) is 0 Å². The zero-order valence-electron chi connectivity index (χ0n) is 10.7. The van der Waals surface area contributed by atoms with Crippen molar-refractivity contribution in [3.8, 4) is 0 Å². The molecule has 0 aliphatic carbocycles. The molecule has 0 spiro atoms. The number of anilines is 1. The van der Waals surface area contributed by atoms with Crippen LogP contribution in [0.3, 0.4) is 0 Å². The molecule has 0 radical (unpaired) electrons.